The molecule has 10 heteroatoms. The first-order valence-corrected chi connectivity index (χ1v) is 11.9. The van der Waals surface area contributed by atoms with Gasteiger partial charge in [-0.05, 0) is 65.2 Å². The van der Waals surface area contributed by atoms with Crippen LogP contribution in [-0.4, -0.2) is 33.0 Å². The van der Waals surface area contributed by atoms with E-state index < -0.39 is 23.8 Å². The van der Waals surface area contributed by atoms with Gasteiger partial charge in [-0.1, -0.05) is 50.2 Å². The molecule has 1 aliphatic rings. The highest BCUT2D eigenvalue weighted by molar-refractivity contribution is 7.80. The normalized spacial score (nSPS) is 13.9. The number of carboxylic acid groups (broad SMARTS) is 1. The monoisotopic (exact) mass is 527 g/mol. The van der Waals surface area contributed by atoms with Crippen molar-refractivity contribution in [2.45, 2.75) is 32.6 Å². The molecule has 1 atom stereocenters. The molecule has 3 aromatic rings. The average Bonchev–Trinajstić information content (AvgIpc) is 3.14. The molecule has 0 spiro atoms. The van der Waals surface area contributed by atoms with Crippen molar-refractivity contribution in [1.82, 2.24) is 4.90 Å². The molecule has 0 bridgehead atoms. The van der Waals surface area contributed by atoms with Crippen molar-refractivity contribution in [3.05, 3.63) is 83.4 Å². The number of hydrogen-bond acceptors (Lipinski definition) is 3. The average molecular weight is 528 g/mol. The lowest BCUT2D eigenvalue weighted by Crippen LogP contribution is -2.44. The summed E-state index contributed by atoms with van der Waals surface area (Å²) in [5, 5.41) is 15.1. The van der Waals surface area contributed by atoms with Gasteiger partial charge in [0.1, 0.15) is 6.04 Å². The number of alkyl halides is 3. The highest BCUT2D eigenvalue weighted by Gasteiger charge is 2.38. The van der Waals surface area contributed by atoms with Gasteiger partial charge in [-0.3, -0.25) is 4.79 Å². The summed E-state index contributed by atoms with van der Waals surface area (Å²) in [4.78, 5) is 26.1. The summed E-state index contributed by atoms with van der Waals surface area (Å²) in [7, 11) is 0. The number of carboxylic acids is 1. The number of benzene rings is 3. The van der Waals surface area contributed by atoms with Crippen LogP contribution in [0.3, 0.4) is 0 Å². The Hall–Kier alpha value is -3.92. The van der Waals surface area contributed by atoms with Crippen LogP contribution < -0.4 is 10.6 Å². The van der Waals surface area contributed by atoms with E-state index in [-0.39, 0.29) is 29.2 Å². The molecule has 37 heavy (non-hydrogen) atoms. The fourth-order valence-corrected chi connectivity index (χ4v) is 4.60. The van der Waals surface area contributed by atoms with Gasteiger partial charge >= 0.3 is 12.1 Å². The van der Waals surface area contributed by atoms with E-state index in [0.29, 0.717) is 11.3 Å². The Kier molecular flexibility index (Phi) is 7.22. The van der Waals surface area contributed by atoms with Crippen LogP contribution in [0.15, 0.2) is 66.7 Å². The third kappa shape index (κ3) is 5.59. The number of para-hydroxylation sites is 1. The molecule has 0 saturated heterocycles. The Balaban J connectivity index is 1.47. The van der Waals surface area contributed by atoms with Gasteiger partial charge in [-0.2, -0.15) is 13.2 Å². The summed E-state index contributed by atoms with van der Waals surface area (Å²) in [6.07, 6.45) is -4.52. The van der Waals surface area contributed by atoms with Gasteiger partial charge < -0.3 is 20.6 Å². The largest absolute Gasteiger partial charge is 0.480 e. The van der Waals surface area contributed by atoms with Crippen molar-refractivity contribution in [2.75, 3.05) is 10.6 Å². The maximum Gasteiger partial charge on any atom is 0.418 e. The number of nitrogens with zero attached hydrogens (tertiary/aromatic N) is 1. The zero-order chi connectivity index (χ0) is 26.9. The van der Waals surface area contributed by atoms with Crippen LogP contribution in [0, 0.1) is 5.92 Å². The van der Waals surface area contributed by atoms with Gasteiger partial charge in [-0.25, -0.2) is 4.79 Å². The third-order valence-electron chi connectivity index (χ3n) is 6.12. The van der Waals surface area contributed by atoms with Crippen LogP contribution in [0.1, 0.15) is 35.3 Å². The van der Waals surface area contributed by atoms with Crippen molar-refractivity contribution >= 4 is 40.6 Å². The Morgan fingerprint density at radius 2 is 1.65 bits per heavy atom. The molecule has 6 nitrogen and oxygen atoms in total. The number of hydrogen-bond donors (Lipinski definition) is 3. The Bertz CT molecular complexity index is 1360. The summed E-state index contributed by atoms with van der Waals surface area (Å²) < 4.78 is 39.6. The Morgan fingerprint density at radius 1 is 1.00 bits per heavy atom. The second-order valence-electron chi connectivity index (χ2n) is 9.03. The van der Waals surface area contributed by atoms with Crippen molar-refractivity contribution in [3.63, 3.8) is 0 Å². The van der Waals surface area contributed by atoms with Gasteiger partial charge in [0.05, 0.1) is 11.3 Å². The van der Waals surface area contributed by atoms with Gasteiger partial charge in [0.2, 0.25) is 0 Å². The van der Waals surface area contributed by atoms with E-state index >= 15 is 0 Å². The first kappa shape index (κ1) is 26.2. The molecule has 3 N–H and O–H groups in total. The zero-order valence-electron chi connectivity index (χ0n) is 20.0. The quantitative estimate of drug-likeness (QED) is 0.329. The van der Waals surface area contributed by atoms with E-state index in [4.69, 9.17) is 12.2 Å². The molecule has 1 amide bonds. The van der Waals surface area contributed by atoms with Gasteiger partial charge in [-0.15, -0.1) is 0 Å². The molecule has 3 aromatic carbocycles. The van der Waals surface area contributed by atoms with E-state index in [1.165, 1.54) is 23.1 Å². The first-order valence-electron chi connectivity index (χ1n) is 11.5. The number of amides is 1. The molecule has 0 saturated carbocycles. The van der Waals surface area contributed by atoms with Crippen molar-refractivity contribution < 1.29 is 27.9 Å². The lowest BCUT2D eigenvalue weighted by Gasteiger charge is -2.27. The summed E-state index contributed by atoms with van der Waals surface area (Å²) in [5.41, 5.74) is 2.42. The predicted molar refractivity (Wildman–Crippen MR) is 139 cm³/mol. The van der Waals surface area contributed by atoms with Crippen LogP contribution in [0.2, 0.25) is 0 Å². The summed E-state index contributed by atoms with van der Waals surface area (Å²) in [6, 6.07) is 16.6. The Morgan fingerprint density at radius 3 is 2.27 bits per heavy atom. The minimum atomic E-state index is -4.52. The topological polar surface area (TPSA) is 81.7 Å². The Labute approximate surface area is 217 Å². The fourth-order valence-electron chi connectivity index (χ4n) is 4.38. The van der Waals surface area contributed by atoms with Gasteiger partial charge in [0.25, 0.3) is 5.91 Å². The smallest absolute Gasteiger partial charge is 0.418 e. The van der Waals surface area contributed by atoms with E-state index in [1.807, 2.05) is 12.1 Å². The summed E-state index contributed by atoms with van der Waals surface area (Å²) in [6.45, 7) is 3.78. The molecule has 1 unspecified atom stereocenters. The van der Waals surface area contributed by atoms with Gasteiger partial charge in [0, 0.05) is 17.8 Å². The van der Waals surface area contributed by atoms with E-state index in [9.17, 15) is 27.9 Å². The van der Waals surface area contributed by atoms with Crippen LogP contribution in [0.5, 0.6) is 0 Å². The van der Waals surface area contributed by atoms with Crippen LogP contribution in [0.4, 0.5) is 24.5 Å². The second-order valence-corrected chi connectivity index (χ2v) is 9.44. The molecule has 4 rings (SSSR count). The number of halogens is 3. The number of thiocarbonyl (C=S) groups is 1. The minimum absolute atomic E-state index is 0.00538. The lowest BCUT2D eigenvalue weighted by atomic mass is 10.00. The number of rotatable bonds is 6. The fraction of sp³-hybridized carbons (Fsp3) is 0.222. The molecular weight excluding hydrogens is 503 g/mol. The highest BCUT2D eigenvalue weighted by Crippen LogP contribution is 2.35. The SMILES string of the molecule is CC(C)C(C(=O)O)N1Cc2ccc(-c3ccc(NC(=S)Nc4ccccc4C(F)(F)F)cc3)cc2C1=O. The van der Waals surface area contributed by atoms with Crippen molar-refractivity contribution in [1.29, 1.82) is 0 Å². The summed E-state index contributed by atoms with van der Waals surface area (Å²) >= 11 is 5.19. The maximum absolute atomic E-state index is 13.2. The first-order chi connectivity index (χ1) is 17.5. The lowest BCUT2D eigenvalue weighted by molar-refractivity contribution is -0.144. The second kappa shape index (κ2) is 10.2. The molecule has 0 radical (unpaired) electrons. The molecule has 0 aromatic heterocycles. The maximum atomic E-state index is 13.2. The zero-order valence-corrected chi connectivity index (χ0v) is 20.8. The van der Waals surface area contributed by atoms with E-state index in [2.05, 4.69) is 10.6 Å². The molecular formula is C27H24F3N3O3S. The third-order valence-corrected chi connectivity index (χ3v) is 6.32. The molecule has 192 valence electrons. The highest BCUT2D eigenvalue weighted by atomic mass is 32.1. The molecule has 0 aliphatic carbocycles. The van der Waals surface area contributed by atoms with Crippen molar-refractivity contribution in [3.8, 4) is 11.1 Å². The van der Waals surface area contributed by atoms with Crippen LogP contribution >= 0.6 is 12.2 Å². The number of carbonyl (C=O) groups is 2. The number of carbonyl (C=O) groups excluding carboxylic acids is 1. The van der Waals surface area contributed by atoms with E-state index in [0.717, 1.165) is 22.8 Å². The van der Waals surface area contributed by atoms with Crippen molar-refractivity contribution in [2.24, 2.45) is 5.92 Å². The molecule has 1 aliphatic heterocycles. The van der Waals surface area contributed by atoms with Crippen LogP contribution in [-0.2, 0) is 17.5 Å². The number of nitrogens with one attached hydrogen (secondary N) is 2. The summed E-state index contributed by atoms with van der Waals surface area (Å²) in [5.74, 6) is -1.58. The molecule has 0 fully saturated rings. The minimum Gasteiger partial charge on any atom is -0.480 e. The number of aliphatic carboxylic acids is 1. The standard InChI is InChI=1S/C27H24F3N3O3S/c1-15(2)23(25(35)36)33-14-18-8-7-17(13-20(18)24(33)34)16-9-11-19(12-10-16)31-26(37)32-22-6-4-3-5-21(22)27(28,29)30/h3-13,15,23H,14H2,1-2H3,(H,35,36)(H2,31,32,37). The molecule has 1 heterocycles. The number of anilines is 2. The van der Waals surface area contributed by atoms with Gasteiger partial charge in [0.15, 0.2) is 5.11 Å². The predicted octanol–water partition coefficient (Wildman–Crippen LogP) is 6.25. The van der Waals surface area contributed by atoms with E-state index in [1.54, 1.807) is 44.2 Å². The number of fused-ring (bicyclic) bond motifs is 1. The van der Waals surface area contributed by atoms with Crippen LogP contribution in [0.25, 0.3) is 11.1 Å².